The van der Waals surface area contributed by atoms with E-state index in [9.17, 15) is 0 Å². The molecule has 1 aromatic heterocycles. The van der Waals surface area contributed by atoms with E-state index >= 15 is 0 Å². The first-order valence-corrected chi connectivity index (χ1v) is 8.61. The topological polar surface area (TPSA) is 45.0 Å². The van der Waals surface area contributed by atoms with Gasteiger partial charge in [0, 0.05) is 72.4 Å². The van der Waals surface area contributed by atoms with Crippen molar-refractivity contribution in [1.29, 1.82) is 0 Å². The number of hydrogen-bond acceptors (Lipinski definition) is 3. The van der Waals surface area contributed by atoms with E-state index in [2.05, 4.69) is 43.1 Å². The average molecular weight is 447 g/mol. The molecule has 1 N–H and O–H groups in total. The molecule has 1 atom stereocenters. The summed E-state index contributed by atoms with van der Waals surface area (Å²) in [6.45, 7) is 8.22. The van der Waals surface area contributed by atoms with Gasteiger partial charge in [-0.05, 0) is 24.0 Å². The van der Waals surface area contributed by atoms with Crippen LogP contribution in [-0.4, -0.2) is 73.3 Å². The predicted octanol–water partition coefficient (Wildman–Crippen LogP) is 1.37. The summed E-state index contributed by atoms with van der Waals surface area (Å²) >= 11 is 0. The lowest BCUT2D eigenvalue weighted by Gasteiger charge is -2.37. The number of aliphatic imine (C=N–C) groups is 1. The van der Waals surface area contributed by atoms with Crippen molar-refractivity contribution >= 4 is 29.9 Å². The van der Waals surface area contributed by atoms with Crippen molar-refractivity contribution < 1.29 is 4.74 Å². The van der Waals surface area contributed by atoms with Crippen molar-refractivity contribution in [1.82, 2.24) is 19.7 Å². The van der Waals surface area contributed by atoms with E-state index in [1.807, 2.05) is 14.1 Å². The van der Waals surface area contributed by atoms with Crippen LogP contribution in [0.5, 0.6) is 0 Å². The highest BCUT2D eigenvalue weighted by atomic mass is 127. The summed E-state index contributed by atoms with van der Waals surface area (Å²) in [5, 5.41) is 3.48. The highest BCUT2D eigenvalue weighted by Crippen LogP contribution is 2.15. The molecular weight excluding hydrogens is 417 g/mol. The van der Waals surface area contributed by atoms with Crippen molar-refractivity contribution in [2.45, 2.75) is 13.0 Å². The van der Waals surface area contributed by atoms with Crippen molar-refractivity contribution in [3.8, 4) is 0 Å². The quantitative estimate of drug-likeness (QED) is 0.431. The normalized spacial score (nSPS) is 22.5. The van der Waals surface area contributed by atoms with Gasteiger partial charge in [0.05, 0.1) is 6.61 Å². The van der Waals surface area contributed by atoms with Crippen LogP contribution in [0, 0.1) is 5.92 Å². The van der Waals surface area contributed by atoms with Crippen LogP contribution in [0.15, 0.2) is 23.5 Å². The van der Waals surface area contributed by atoms with Gasteiger partial charge in [-0.25, -0.2) is 0 Å². The summed E-state index contributed by atoms with van der Waals surface area (Å²) in [4.78, 5) is 9.38. The Morgan fingerprint density at radius 2 is 2.12 bits per heavy atom. The van der Waals surface area contributed by atoms with Crippen LogP contribution in [0.2, 0.25) is 0 Å². The van der Waals surface area contributed by atoms with Crippen molar-refractivity contribution in [2.75, 3.05) is 53.0 Å². The van der Waals surface area contributed by atoms with E-state index in [-0.39, 0.29) is 24.0 Å². The molecule has 3 heterocycles. The molecule has 24 heavy (non-hydrogen) atoms. The second-order valence-corrected chi connectivity index (χ2v) is 6.60. The maximum absolute atomic E-state index is 5.48. The van der Waals surface area contributed by atoms with Gasteiger partial charge in [0.15, 0.2) is 5.96 Å². The number of ether oxygens (including phenoxy) is 1. The van der Waals surface area contributed by atoms with Crippen molar-refractivity contribution in [3.05, 3.63) is 24.0 Å². The van der Waals surface area contributed by atoms with Gasteiger partial charge >= 0.3 is 0 Å². The van der Waals surface area contributed by atoms with Gasteiger partial charge in [-0.15, -0.1) is 24.0 Å². The van der Waals surface area contributed by atoms with Gasteiger partial charge in [-0.1, -0.05) is 0 Å². The van der Waals surface area contributed by atoms with Crippen molar-refractivity contribution in [2.24, 2.45) is 18.0 Å². The number of nitrogens with zero attached hydrogens (tertiary/aromatic N) is 4. The Morgan fingerprint density at radius 1 is 1.33 bits per heavy atom. The lowest BCUT2D eigenvalue weighted by Crippen LogP contribution is -2.53. The number of guanidine groups is 1. The van der Waals surface area contributed by atoms with Crippen LogP contribution < -0.4 is 5.32 Å². The van der Waals surface area contributed by atoms with E-state index in [0.29, 0.717) is 0 Å². The fourth-order valence-corrected chi connectivity index (χ4v) is 3.41. The van der Waals surface area contributed by atoms with E-state index in [4.69, 9.17) is 4.74 Å². The number of rotatable bonds is 4. The third kappa shape index (κ3) is 5.35. The molecule has 0 amide bonds. The standard InChI is InChI=1S/C17H29N5O.HI/c1-18-17(19-11-15-3-5-20(2)12-15)22-8-6-21(7-9-22)13-16-4-10-23-14-16;/h3,5,12,16H,4,6-11,13-14H2,1-2H3,(H,18,19);1H. The molecule has 136 valence electrons. The number of aryl methyl sites for hydroxylation is 1. The summed E-state index contributed by atoms with van der Waals surface area (Å²) in [6.07, 6.45) is 5.44. The molecule has 7 heteroatoms. The average Bonchev–Trinajstić information content (AvgIpc) is 3.21. The third-order valence-corrected chi connectivity index (χ3v) is 4.77. The Hall–Kier alpha value is -0.800. The van der Waals surface area contributed by atoms with Crippen LogP contribution in [0.1, 0.15) is 12.0 Å². The highest BCUT2D eigenvalue weighted by molar-refractivity contribution is 14.0. The van der Waals surface area contributed by atoms with Gasteiger partial charge in [0.1, 0.15) is 0 Å². The summed E-state index contributed by atoms with van der Waals surface area (Å²) in [7, 11) is 3.92. The van der Waals surface area contributed by atoms with E-state index in [1.54, 1.807) is 0 Å². The number of piperazine rings is 1. The number of hydrogen-bond donors (Lipinski definition) is 1. The molecule has 6 nitrogen and oxygen atoms in total. The molecule has 0 aliphatic carbocycles. The van der Waals surface area contributed by atoms with E-state index in [0.717, 1.165) is 57.8 Å². The molecule has 1 unspecified atom stereocenters. The predicted molar refractivity (Wildman–Crippen MR) is 108 cm³/mol. The minimum Gasteiger partial charge on any atom is -0.381 e. The smallest absolute Gasteiger partial charge is 0.194 e. The fourth-order valence-electron chi connectivity index (χ4n) is 3.41. The second-order valence-electron chi connectivity index (χ2n) is 6.60. The molecule has 3 rings (SSSR count). The third-order valence-electron chi connectivity index (χ3n) is 4.77. The molecular formula is C17H30IN5O. The molecule has 0 saturated carbocycles. The SMILES string of the molecule is CN=C(NCc1ccn(C)c1)N1CCN(CC2CCOC2)CC1.I. The minimum absolute atomic E-state index is 0. The van der Waals surface area contributed by atoms with Gasteiger partial charge in [0.25, 0.3) is 0 Å². The Kier molecular flexibility index (Phi) is 7.83. The first kappa shape index (κ1) is 19.5. The maximum atomic E-state index is 5.48. The lowest BCUT2D eigenvalue weighted by molar-refractivity contribution is 0.139. The molecule has 0 aromatic carbocycles. The summed E-state index contributed by atoms with van der Waals surface area (Å²) in [6, 6.07) is 2.14. The highest BCUT2D eigenvalue weighted by Gasteiger charge is 2.23. The molecule has 0 bridgehead atoms. The van der Waals surface area contributed by atoms with Gasteiger partial charge < -0.3 is 19.5 Å². The molecule has 1 aromatic rings. The Morgan fingerprint density at radius 3 is 2.71 bits per heavy atom. The zero-order chi connectivity index (χ0) is 16.1. The Balaban J connectivity index is 0.00000208. The Labute approximate surface area is 162 Å². The first-order valence-electron chi connectivity index (χ1n) is 8.61. The summed E-state index contributed by atoms with van der Waals surface area (Å²) in [5.41, 5.74) is 1.29. The molecule has 2 fully saturated rings. The van der Waals surface area contributed by atoms with Gasteiger partial charge in [-0.2, -0.15) is 0 Å². The number of aromatic nitrogens is 1. The van der Waals surface area contributed by atoms with E-state index in [1.165, 1.54) is 18.5 Å². The zero-order valence-electron chi connectivity index (χ0n) is 14.8. The Bertz CT molecular complexity index is 519. The van der Waals surface area contributed by atoms with Crippen LogP contribution in [0.3, 0.4) is 0 Å². The fraction of sp³-hybridized carbons (Fsp3) is 0.706. The summed E-state index contributed by atoms with van der Waals surface area (Å²) < 4.78 is 7.56. The number of halogens is 1. The number of nitrogens with one attached hydrogen (secondary N) is 1. The maximum Gasteiger partial charge on any atom is 0.194 e. The molecule has 0 spiro atoms. The summed E-state index contributed by atoms with van der Waals surface area (Å²) in [5.74, 6) is 1.75. The molecule has 2 aliphatic rings. The van der Waals surface area contributed by atoms with Crippen LogP contribution in [0.4, 0.5) is 0 Å². The van der Waals surface area contributed by atoms with Gasteiger partial charge in [-0.3, -0.25) is 9.89 Å². The molecule has 2 saturated heterocycles. The van der Waals surface area contributed by atoms with Crippen LogP contribution in [-0.2, 0) is 18.3 Å². The lowest BCUT2D eigenvalue weighted by atomic mass is 10.1. The molecule has 2 aliphatic heterocycles. The van der Waals surface area contributed by atoms with Crippen molar-refractivity contribution in [3.63, 3.8) is 0 Å². The van der Waals surface area contributed by atoms with Crippen LogP contribution in [0.25, 0.3) is 0 Å². The minimum atomic E-state index is 0. The molecule has 0 radical (unpaired) electrons. The second kappa shape index (κ2) is 9.62. The first-order chi connectivity index (χ1) is 11.2. The van der Waals surface area contributed by atoms with Crippen LogP contribution >= 0.6 is 24.0 Å². The van der Waals surface area contributed by atoms with Gasteiger partial charge in [0.2, 0.25) is 0 Å². The largest absolute Gasteiger partial charge is 0.381 e. The monoisotopic (exact) mass is 447 g/mol. The van der Waals surface area contributed by atoms with E-state index < -0.39 is 0 Å². The zero-order valence-corrected chi connectivity index (χ0v) is 17.1.